The third kappa shape index (κ3) is 27.5. The number of carbonyl (C=O) groups excluding carboxylic acids is 2. The van der Waals surface area contributed by atoms with Crippen molar-refractivity contribution in [2.24, 2.45) is 5.41 Å². The van der Waals surface area contributed by atoms with Crippen LogP contribution in [0.1, 0.15) is 221 Å². The molecule has 0 aliphatic carbocycles. The van der Waals surface area contributed by atoms with Crippen LogP contribution >= 0.6 is 0 Å². The predicted octanol–water partition coefficient (Wildman–Crippen LogP) is 13.9. The Hall–Kier alpha value is -1.58. The highest BCUT2D eigenvalue weighted by Crippen LogP contribution is 2.36. The summed E-state index contributed by atoms with van der Waals surface area (Å²) in [5.41, 5.74) is -0.510. The Morgan fingerprint density at radius 3 is 0.957 bits per heavy atom. The van der Waals surface area contributed by atoms with Crippen molar-refractivity contribution < 1.29 is 19.1 Å². The summed E-state index contributed by atoms with van der Waals surface area (Å²) in [7, 11) is 0. The Morgan fingerprint density at radius 1 is 0.413 bits per heavy atom. The van der Waals surface area contributed by atoms with Crippen molar-refractivity contribution in [1.82, 2.24) is 0 Å². The van der Waals surface area contributed by atoms with Crippen molar-refractivity contribution in [3.8, 4) is 0 Å². The van der Waals surface area contributed by atoms with Crippen molar-refractivity contribution in [2.45, 2.75) is 227 Å². The second-order valence-corrected chi connectivity index (χ2v) is 14.8. The van der Waals surface area contributed by atoms with Crippen LogP contribution in [0.3, 0.4) is 0 Å². The second kappa shape index (κ2) is 30.7. The van der Waals surface area contributed by atoms with E-state index < -0.39 is 11.2 Å². The van der Waals surface area contributed by atoms with Crippen LogP contribution in [0, 0.1) is 5.41 Å². The smallest absolute Gasteiger partial charge is 0.309 e. The number of unbranched alkanes of at least 4 members (excludes halogenated alkanes) is 22. The van der Waals surface area contributed by atoms with Crippen LogP contribution in [0.15, 0.2) is 24.3 Å². The monoisotopic (exact) mass is 647 g/mol. The predicted molar refractivity (Wildman–Crippen MR) is 199 cm³/mol. The van der Waals surface area contributed by atoms with Gasteiger partial charge in [-0.05, 0) is 64.2 Å². The van der Waals surface area contributed by atoms with Gasteiger partial charge >= 0.3 is 11.9 Å². The Bertz CT molecular complexity index is 706. The van der Waals surface area contributed by atoms with Gasteiger partial charge in [-0.3, -0.25) is 9.59 Å². The number of rotatable bonds is 32. The molecule has 0 aromatic rings. The molecule has 270 valence electrons. The molecule has 0 amide bonds. The highest BCUT2D eigenvalue weighted by atomic mass is 16.7. The van der Waals surface area contributed by atoms with Crippen molar-refractivity contribution in [3.05, 3.63) is 24.3 Å². The lowest BCUT2D eigenvalue weighted by Gasteiger charge is -2.39. The van der Waals surface area contributed by atoms with Crippen LogP contribution in [0.2, 0.25) is 0 Å². The first kappa shape index (κ1) is 44.4. The second-order valence-electron chi connectivity index (χ2n) is 14.8. The van der Waals surface area contributed by atoms with Gasteiger partial charge in [-0.2, -0.15) is 0 Å². The largest absolute Gasteiger partial charge is 0.422 e. The minimum atomic E-state index is -1.26. The average Bonchev–Trinajstić information content (AvgIpc) is 3.00. The van der Waals surface area contributed by atoms with Crippen molar-refractivity contribution >= 4 is 11.9 Å². The van der Waals surface area contributed by atoms with E-state index in [4.69, 9.17) is 9.47 Å². The van der Waals surface area contributed by atoms with Gasteiger partial charge in [0.05, 0.1) is 0 Å². The van der Waals surface area contributed by atoms with Crippen molar-refractivity contribution in [3.63, 3.8) is 0 Å². The van der Waals surface area contributed by atoms with Gasteiger partial charge in [0.15, 0.2) is 0 Å². The maximum atomic E-state index is 12.7. The van der Waals surface area contributed by atoms with Crippen LogP contribution < -0.4 is 0 Å². The highest BCUT2D eigenvalue weighted by molar-refractivity contribution is 5.72. The van der Waals surface area contributed by atoms with Crippen LogP contribution in [0.25, 0.3) is 0 Å². The molecule has 0 saturated carbocycles. The van der Waals surface area contributed by atoms with Gasteiger partial charge in [-0.1, -0.05) is 162 Å². The molecule has 0 N–H and O–H groups in total. The summed E-state index contributed by atoms with van der Waals surface area (Å²) in [5.74, 6) is -1.81. The summed E-state index contributed by atoms with van der Waals surface area (Å²) in [6.45, 7) is 12.1. The Morgan fingerprint density at radius 2 is 0.674 bits per heavy atom. The van der Waals surface area contributed by atoms with Crippen molar-refractivity contribution in [1.29, 1.82) is 0 Å². The summed E-state index contributed by atoms with van der Waals surface area (Å²) < 4.78 is 11.6. The molecule has 0 fully saturated rings. The van der Waals surface area contributed by atoms with Crippen LogP contribution in [-0.4, -0.2) is 17.7 Å². The third-order valence-corrected chi connectivity index (χ3v) is 9.26. The fourth-order valence-corrected chi connectivity index (χ4v) is 5.54. The first-order chi connectivity index (χ1) is 22.2. The summed E-state index contributed by atoms with van der Waals surface area (Å²) in [6.07, 6.45) is 42.0. The van der Waals surface area contributed by atoms with Gasteiger partial charge in [-0.25, -0.2) is 0 Å². The van der Waals surface area contributed by atoms with Crippen LogP contribution in [-0.2, 0) is 19.1 Å². The van der Waals surface area contributed by atoms with E-state index in [0.29, 0.717) is 12.8 Å². The topological polar surface area (TPSA) is 52.6 Å². The fourth-order valence-electron chi connectivity index (χ4n) is 5.54. The summed E-state index contributed by atoms with van der Waals surface area (Å²) in [4.78, 5) is 25.4. The van der Waals surface area contributed by atoms with Gasteiger partial charge in [0.1, 0.15) is 0 Å². The zero-order chi connectivity index (χ0) is 34.2. The zero-order valence-corrected chi connectivity index (χ0v) is 31.7. The minimum absolute atomic E-state index is 0.274. The molecule has 0 atom stereocenters. The molecular weight excluding hydrogens is 568 g/mol. The quantitative estimate of drug-likeness (QED) is 0.0316. The number of hydrogen-bond donors (Lipinski definition) is 0. The standard InChI is InChI=1S/C42H78O4/c1-7-9-11-13-15-17-19-21-23-25-27-29-31-33-35-37-39(43)45-42(6,41(3,4)5)46-40(44)38-36-34-32-30-28-26-24-22-20-18-16-14-12-10-8-2/h21-24H,7-20,25-38H2,1-6H3/b23-21-,24-22-. The maximum Gasteiger partial charge on any atom is 0.309 e. The lowest BCUT2D eigenvalue weighted by Crippen LogP contribution is -2.48. The number of carbonyl (C=O) groups is 2. The summed E-state index contributed by atoms with van der Waals surface area (Å²) in [5, 5.41) is 0. The molecule has 0 radical (unpaired) electrons. The van der Waals surface area contributed by atoms with Gasteiger partial charge < -0.3 is 9.47 Å². The summed E-state index contributed by atoms with van der Waals surface area (Å²) >= 11 is 0. The highest BCUT2D eigenvalue weighted by Gasteiger charge is 2.45. The molecule has 0 aromatic carbocycles. The van der Waals surface area contributed by atoms with Crippen LogP contribution in [0.4, 0.5) is 0 Å². The van der Waals surface area contributed by atoms with Gasteiger partial charge in [0.25, 0.3) is 5.79 Å². The molecule has 0 aliphatic heterocycles. The summed E-state index contributed by atoms with van der Waals surface area (Å²) in [6, 6.07) is 0. The molecule has 46 heavy (non-hydrogen) atoms. The molecule has 0 aliphatic rings. The van der Waals surface area contributed by atoms with Gasteiger partial charge in [-0.15, -0.1) is 0 Å². The fraction of sp³-hybridized carbons (Fsp3) is 0.857. The SMILES string of the molecule is CCCCCCCC/C=C\CCCCCCCC(=O)OC(C)(OC(=O)CCCCCCC/C=C\CCCCCCCC)C(C)(C)C. The molecule has 0 spiro atoms. The average molecular weight is 647 g/mol. The number of hydrogen-bond acceptors (Lipinski definition) is 4. The van der Waals surface area contributed by atoms with E-state index >= 15 is 0 Å². The molecule has 4 heteroatoms. The lowest BCUT2D eigenvalue weighted by atomic mass is 9.86. The first-order valence-corrected chi connectivity index (χ1v) is 19.9. The number of esters is 2. The van der Waals surface area contributed by atoms with E-state index in [1.807, 2.05) is 20.8 Å². The zero-order valence-electron chi connectivity index (χ0n) is 31.7. The van der Waals surface area contributed by atoms with Crippen LogP contribution in [0.5, 0.6) is 0 Å². The number of allylic oxidation sites excluding steroid dienone is 4. The lowest BCUT2D eigenvalue weighted by molar-refractivity contribution is -0.256. The Balaban J connectivity index is 3.98. The molecule has 0 saturated heterocycles. The molecule has 0 rings (SSSR count). The molecule has 0 unspecified atom stereocenters. The molecule has 4 nitrogen and oxygen atoms in total. The minimum Gasteiger partial charge on any atom is -0.422 e. The van der Waals surface area contributed by atoms with Gasteiger partial charge in [0, 0.05) is 25.2 Å². The van der Waals surface area contributed by atoms with Gasteiger partial charge in [0.2, 0.25) is 0 Å². The Labute approximate surface area is 287 Å². The molecule has 0 bridgehead atoms. The van der Waals surface area contributed by atoms with E-state index in [2.05, 4.69) is 38.2 Å². The Kier molecular flexibility index (Phi) is 29.7. The molecular formula is C42H78O4. The van der Waals surface area contributed by atoms with E-state index in [1.165, 1.54) is 116 Å². The number of ether oxygens (including phenoxy) is 2. The van der Waals surface area contributed by atoms with E-state index in [0.717, 1.165) is 51.4 Å². The van der Waals surface area contributed by atoms with Crippen molar-refractivity contribution in [2.75, 3.05) is 0 Å². The third-order valence-electron chi connectivity index (χ3n) is 9.26. The molecule has 0 heterocycles. The van der Waals surface area contributed by atoms with E-state index in [1.54, 1.807) is 6.92 Å². The first-order valence-electron chi connectivity index (χ1n) is 19.9. The normalized spacial score (nSPS) is 12.4. The maximum absolute atomic E-state index is 12.7. The van der Waals surface area contributed by atoms with E-state index in [9.17, 15) is 9.59 Å². The molecule has 0 aromatic heterocycles. The van der Waals surface area contributed by atoms with E-state index in [-0.39, 0.29) is 11.9 Å².